The normalized spacial score (nSPS) is 11.5. The van der Waals surface area contributed by atoms with E-state index in [0.29, 0.717) is 6.07 Å². The van der Waals surface area contributed by atoms with Gasteiger partial charge in [-0.2, -0.15) is 16.8 Å². The van der Waals surface area contributed by atoms with Gasteiger partial charge in [0.2, 0.25) is 0 Å². The van der Waals surface area contributed by atoms with Crippen molar-refractivity contribution in [3.05, 3.63) is 24.3 Å². The predicted octanol–water partition coefficient (Wildman–Crippen LogP) is -3.09. The van der Waals surface area contributed by atoms with E-state index in [9.17, 15) is 21.9 Å². The Morgan fingerprint density at radius 1 is 1.00 bits per heavy atom. The van der Waals surface area contributed by atoms with Crippen molar-refractivity contribution in [1.82, 2.24) is 0 Å². The van der Waals surface area contributed by atoms with Crippen molar-refractivity contribution in [2.75, 3.05) is 5.73 Å². The molecule has 118 valence electrons. The van der Waals surface area contributed by atoms with Crippen LogP contribution in [0.5, 0.6) is 5.75 Å². The Bertz CT molecular complexity index is 930. The second kappa shape index (κ2) is 6.68. The molecule has 2 aromatic rings. The molecule has 7 N–H and O–H groups in total. The van der Waals surface area contributed by atoms with Crippen molar-refractivity contribution in [2.45, 2.75) is 9.79 Å². The molecule has 9 nitrogen and oxygen atoms in total. The summed E-state index contributed by atoms with van der Waals surface area (Å²) < 4.78 is 63.2. The fourth-order valence-corrected chi connectivity index (χ4v) is 3.29. The Hall–Kier alpha value is -0.920. The monoisotopic (exact) mass is 361 g/mol. The van der Waals surface area contributed by atoms with E-state index in [2.05, 4.69) is 0 Å². The average Bonchev–Trinajstić information content (AvgIpc) is 2.25. The zero-order valence-corrected chi connectivity index (χ0v) is 14.8. The molecular formula is C10H12NNaO8S2. The number of rotatable bonds is 2. The minimum atomic E-state index is -4.84. The van der Waals surface area contributed by atoms with Gasteiger partial charge in [-0.1, -0.05) is 12.1 Å². The third-order valence-electron chi connectivity index (χ3n) is 2.66. The van der Waals surface area contributed by atoms with Gasteiger partial charge in [-0.3, -0.25) is 9.11 Å². The van der Waals surface area contributed by atoms with Gasteiger partial charge in [0, 0.05) is 10.8 Å². The van der Waals surface area contributed by atoms with Gasteiger partial charge in [0.25, 0.3) is 20.2 Å². The predicted molar refractivity (Wildman–Crippen MR) is 74.4 cm³/mol. The molecule has 0 spiro atoms. The molecule has 0 saturated carbocycles. The zero-order chi connectivity index (χ0) is 15.3. The topological polar surface area (TPSA) is 186 Å². The molecule has 0 heterocycles. The first-order valence-corrected chi connectivity index (χ1v) is 7.90. The van der Waals surface area contributed by atoms with Crippen molar-refractivity contribution in [3.8, 4) is 5.75 Å². The summed E-state index contributed by atoms with van der Waals surface area (Å²) in [6.45, 7) is 0. The quantitative estimate of drug-likeness (QED) is 0.246. The van der Waals surface area contributed by atoms with Crippen LogP contribution in [0.1, 0.15) is 1.43 Å². The molecule has 0 aliphatic carbocycles. The molecule has 0 bridgehead atoms. The maximum atomic E-state index is 11.3. The van der Waals surface area contributed by atoms with Crippen LogP contribution >= 0.6 is 0 Å². The van der Waals surface area contributed by atoms with Gasteiger partial charge >= 0.3 is 29.6 Å². The maximum absolute atomic E-state index is 11.3. The molecule has 0 fully saturated rings. The van der Waals surface area contributed by atoms with E-state index in [0.717, 1.165) is 6.07 Å². The summed E-state index contributed by atoms with van der Waals surface area (Å²) in [5.74, 6) is -0.490. The van der Waals surface area contributed by atoms with Crippen molar-refractivity contribution >= 4 is 36.7 Å². The molecule has 0 aliphatic heterocycles. The van der Waals surface area contributed by atoms with Gasteiger partial charge in [-0.25, -0.2) is 0 Å². The fraction of sp³-hybridized carbons (Fsp3) is 0. The Morgan fingerprint density at radius 2 is 1.50 bits per heavy atom. The summed E-state index contributed by atoms with van der Waals surface area (Å²) >= 11 is 0. The largest absolute Gasteiger partial charge is 1.00 e. The van der Waals surface area contributed by atoms with Crippen LogP contribution in [0.25, 0.3) is 10.8 Å². The van der Waals surface area contributed by atoms with Gasteiger partial charge in [0.15, 0.2) is 0 Å². The van der Waals surface area contributed by atoms with Crippen LogP contribution in [-0.2, 0) is 20.2 Å². The molecule has 0 unspecified atom stereocenters. The van der Waals surface area contributed by atoms with E-state index < -0.39 is 41.5 Å². The number of hydrogen-bond donors (Lipinski definition) is 4. The van der Waals surface area contributed by atoms with E-state index in [1.165, 1.54) is 12.1 Å². The Balaban J connectivity index is 0. The molecule has 2 aromatic carbocycles. The number of fused-ring (bicyclic) bond motifs is 1. The van der Waals surface area contributed by atoms with E-state index in [-0.39, 0.29) is 47.2 Å². The average molecular weight is 361 g/mol. The molecule has 2 rings (SSSR count). The van der Waals surface area contributed by atoms with Gasteiger partial charge in [0.1, 0.15) is 15.5 Å². The van der Waals surface area contributed by atoms with Gasteiger partial charge in [-0.15, -0.1) is 0 Å². The van der Waals surface area contributed by atoms with Crippen LogP contribution in [0.3, 0.4) is 0 Å². The number of phenolic OH excluding ortho intramolecular Hbond substituents is 1. The molecular weight excluding hydrogens is 349 g/mol. The molecule has 0 aromatic heterocycles. The number of phenols is 1. The second-order valence-electron chi connectivity index (χ2n) is 3.94. The third kappa shape index (κ3) is 3.70. The Kier molecular flexibility index (Phi) is 6.40. The first-order chi connectivity index (χ1) is 9.03. The summed E-state index contributed by atoms with van der Waals surface area (Å²) in [4.78, 5) is -1.70. The minimum Gasteiger partial charge on any atom is -1.00 e. The molecule has 0 saturated heterocycles. The fourth-order valence-electron chi connectivity index (χ4n) is 1.85. The zero-order valence-electron chi connectivity index (χ0n) is 12.2. The van der Waals surface area contributed by atoms with Crippen LogP contribution in [0.4, 0.5) is 5.69 Å². The van der Waals surface area contributed by atoms with Crippen molar-refractivity contribution in [1.29, 1.82) is 0 Å². The second-order valence-corrected chi connectivity index (χ2v) is 6.72. The summed E-state index contributed by atoms with van der Waals surface area (Å²) in [7, 11) is -9.62. The van der Waals surface area contributed by atoms with E-state index in [4.69, 9.17) is 14.8 Å². The van der Waals surface area contributed by atoms with E-state index >= 15 is 0 Å². The van der Waals surface area contributed by atoms with Gasteiger partial charge in [0.05, 0.1) is 5.69 Å². The molecule has 0 aliphatic rings. The van der Waals surface area contributed by atoms with Crippen LogP contribution in [0.2, 0.25) is 0 Å². The molecule has 12 heteroatoms. The minimum absolute atomic E-state index is 0. The van der Waals surface area contributed by atoms with Crippen molar-refractivity contribution < 1.29 is 67.5 Å². The van der Waals surface area contributed by atoms with Crippen molar-refractivity contribution in [2.24, 2.45) is 0 Å². The number of hydrogen-bond acceptors (Lipinski definition) is 6. The SMILES string of the molecule is Nc1c(S(=O)(=O)O)cc(S(=O)(=O)O)c2cccc(O)c12.O.[H-].[Na+]. The standard InChI is InChI=1S/C10H9NO7S2.Na.H2O.H/c11-10-8(20(16,17)18)4-7(19(13,14)15)5-2-1-3-6(12)9(5)10;;;/h1-4,12H,11H2,(H,13,14,15)(H,16,17,18);;1H2;/q;+1;;-1. The number of nitrogen functional groups attached to an aromatic ring is 1. The summed E-state index contributed by atoms with van der Waals surface area (Å²) in [6.07, 6.45) is 0. The summed E-state index contributed by atoms with van der Waals surface area (Å²) in [5.41, 5.74) is 5.02. The van der Waals surface area contributed by atoms with Crippen LogP contribution < -0.4 is 35.3 Å². The first kappa shape index (κ1) is 21.1. The maximum Gasteiger partial charge on any atom is 1.00 e. The number of nitrogens with two attached hydrogens (primary N) is 1. The van der Waals surface area contributed by atoms with Crippen LogP contribution in [-0.4, -0.2) is 36.5 Å². The van der Waals surface area contributed by atoms with E-state index in [1.807, 2.05) is 0 Å². The third-order valence-corrected chi connectivity index (χ3v) is 4.45. The Morgan fingerprint density at radius 3 is 1.95 bits per heavy atom. The number of aromatic hydroxyl groups is 1. The smallest absolute Gasteiger partial charge is 1.00 e. The molecule has 22 heavy (non-hydrogen) atoms. The Labute approximate surface area is 149 Å². The van der Waals surface area contributed by atoms with Crippen LogP contribution in [0, 0.1) is 0 Å². The van der Waals surface area contributed by atoms with E-state index in [1.54, 1.807) is 0 Å². The van der Waals surface area contributed by atoms with Gasteiger partial charge in [-0.05, 0) is 12.1 Å². The number of anilines is 1. The van der Waals surface area contributed by atoms with Gasteiger partial charge < -0.3 is 17.7 Å². The van der Waals surface area contributed by atoms with Crippen LogP contribution in [0.15, 0.2) is 34.1 Å². The first-order valence-electron chi connectivity index (χ1n) is 5.02. The number of benzene rings is 2. The molecule has 0 radical (unpaired) electrons. The van der Waals surface area contributed by atoms with Crippen molar-refractivity contribution in [3.63, 3.8) is 0 Å². The summed E-state index contributed by atoms with van der Waals surface area (Å²) in [6, 6.07) is 4.20. The molecule has 0 amide bonds. The molecule has 0 atom stereocenters. The summed E-state index contributed by atoms with van der Waals surface area (Å²) in [5, 5.41) is 9.23.